The molecule has 0 aromatic carbocycles. The van der Waals surface area contributed by atoms with Gasteiger partial charge in [-0.3, -0.25) is 0 Å². The van der Waals surface area contributed by atoms with Gasteiger partial charge in [-0.2, -0.15) is 11.8 Å². The third kappa shape index (κ3) is 4.62. The lowest BCUT2D eigenvalue weighted by Gasteiger charge is -2.22. The third-order valence-corrected chi connectivity index (χ3v) is 7.13. The van der Waals surface area contributed by atoms with E-state index in [4.69, 9.17) is 0 Å². The lowest BCUT2D eigenvalue weighted by molar-refractivity contribution is 0.535. The largest absolute Gasteiger partial charge is 0.313 e. The highest BCUT2D eigenvalue weighted by atomic mass is 32.2. The molecule has 0 aromatic heterocycles. The van der Waals surface area contributed by atoms with Crippen LogP contribution in [0.2, 0.25) is 0 Å². The molecule has 0 spiro atoms. The number of rotatable bonds is 8. The average molecular weight is 306 g/mol. The number of hydrogen-bond donors (Lipinski definition) is 2. The lowest BCUT2D eigenvalue weighted by Crippen LogP contribution is -2.46. The van der Waals surface area contributed by atoms with Crippen molar-refractivity contribution in [3.63, 3.8) is 0 Å². The van der Waals surface area contributed by atoms with E-state index in [1.807, 2.05) is 11.8 Å². The van der Waals surface area contributed by atoms with Crippen LogP contribution in [0.15, 0.2) is 0 Å². The number of hydrogen-bond acceptors (Lipinski definition) is 4. The molecular weight excluding hydrogens is 280 g/mol. The first-order valence-electron chi connectivity index (χ1n) is 7.39. The minimum absolute atomic E-state index is 0.137. The molecule has 0 aliphatic heterocycles. The Kier molecular flexibility index (Phi) is 5.57. The van der Waals surface area contributed by atoms with Crippen LogP contribution in [0.1, 0.15) is 46.0 Å². The highest BCUT2D eigenvalue weighted by Gasteiger charge is 2.33. The van der Waals surface area contributed by atoms with E-state index in [1.165, 1.54) is 12.8 Å². The van der Waals surface area contributed by atoms with Crippen molar-refractivity contribution in [2.75, 3.05) is 12.3 Å². The molecule has 0 heterocycles. The predicted molar refractivity (Wildman–Crippen MR) is 82.1 cm³/mol. The summed E-state index contributed by atoms with van der Waals surface area (Å²) in [7, 11) is -3.19. The van der Waals surface area contributed by atoms with Gasteiger partial charge >= 0.3 is 0 Å². The van der Waals surface area contributed by atoms with E-state index in [2.05, 4.69) is 17.0 Å². The fourth-order valence-electron chi connectivity index (χ4n) is 2.53. The second-order valence-electron chi connectivity index (χ2n) is 5.69. The Bertz CT molecular complexity index is 382. The van der Waals surface area contributed by atoms with Crippen molar-refractivity contribution < 1.29 is 8.42 Å². The second kappa shape index (κ2) is 6.78. The fraction of sp³-hybridized carbons (Fsp3) is 1.00. The molecule has 2 fully saturated rings. The Morgan fingerprint density at radius 1 is 1.26 bits per heavy atom. The molecule has 2 rings (SSSR count). The molecule has 3 atom stereocenters. The molecule has 0 radical (unpaired) electrons. The fourth-order valence-corrected chi connectivity index (χ4v) is 5.07. The highest BCUT2D eigenvalue weighted by molar-refractivity contribution is 8.00. The number of nitrogens with one attached hydrogen (secondary N) is 2. The molecule has 0 aromatic rings. The van der Waals surface area contributed by atoms with Crippen molar-refractivity contribution in [3.8, 4) is 0 Å². The van der Waals surface area contributed by atoms with Crippen LogP contribution >= 0.6 is 11.8 Å². The van der Waals surface area contributed by atoms with E-state index in [0.717, 1.165) is 25.0 Å². The number of sulfonamides is 1. The summed E-state index contributed by atoms with van der Waals surface area (Å²) < 4.78 is 27.6. The topological polar surface area (TPSA) is 58.2 Å². The average Bonchev–Trinajstić information content (AvgIpc) is 3.09. The summed E-state index contributed by atoms with van der Waals surface area (Å²) in [6.07, 6.45) is 5.65. The Morgan fingerprint density at radius 3 is 2.63 bits per heavy atom. The first-order chi connectivity index (χ1) is 9.03. The van der Waals surface area contributed by atoms with E-state index in [9.17, 15) is 8.42 Å². The molecule has 2 aliphatic rings. The first kappa shape index (κ1) is 15.6. The molecule has 19 heavy (non-hydrogen) atoms. The zero-order valence-electron chi connectivity index (χ0n) is 11.9. The standard InChI is InChI=1S/C13H26N2O2S2/c1-3-18-13-6-4-5-12(13)15-19(16,17)10(2)9-14-11-7-8-11/h10-15H,3-9H2,1-2H3. The molecule has 0 saturated heterocycles. The van der Waals surface area contributed by atoms with Crippen molar-refractivity contribution in [3.05, 3.63) is 0 Å². The second-order valence-corrected chi connectivity index (χ2v) is 9.33. The van der Waals surface area contributed by atoms with Crippen LogP contribution in [0.5, 0.6) is 0 Å². The molecule has 0 bridgehead atoms. The summed E-state index contributed by atoms with van der Waals surface area (Å²) in [6, 6.07) is 0.700. The normalized spacial score (nSPS) is 29.6. The molecule has 4 nitrogen and oxygen atoms in total. The third-order valence-electron chi connectivity index (χ3n) is 3.95. The monoisotopic (exact) mass is 306 g/mol. The van der Waals surface area contributed by atoms with E-state index in [-0.39, 0.29) is 11.3 Å². The van der Waals surface area contributed by atoms with Crippen LogP contribution in [-0.4, -0.2) is 43.3 Å². The van der Waals surface area contributed by atoms with Crippen LogP contribution in [0.3, 0.4) is 0 Å². The van der Waals surface area contributed by atoms with Crippen molar-refractivity contribution >= 4 is 21.8 Å². The smallest absolute Gasteiger partial charge is 0.215 e. The van der Waals surface area contributed by atoms with Gasteiger partial charge in [-0.05, 0) is 38.4 Å². The van der Waals surface area contributed by atoms with Gasteiger partial charge in [0.05, 0.1) is 5.25 Å². The van der Waals surface area contributed by atoms with Gasteiger partial charge in [-0.1, -0.05) is 13.3 Å². The summed E-state index contributed by atoms with van der Waals surface area (Å²) in [5, 5.41) is 3.41. The zero-order chi connectivity index (χ0) is 13.9. The SMILES string of the molecule is CCSC1CCCC1NS(=O)(=O)C(C)CNC1CC1. The summed E-state index contributed by atoms with van der Waals surface area (Å²) in [4.78, 5) is 0. The summed E-state index contributed by atoms with van der Waals surface area (Å²) in [6.45, 7) is 4.50. The maximum atomic E-state index is 12.3. The Labute approximate surface area is 121 Å². The van der Waals surface area contributed by atoms with Crippen molar-refractivity contribution in [1.82, 2.24) is 10.0 Å². The van der Waals surface area contributed by atoms with Crippen LogP contribution < -0.4 is 10.0 Å². The molecule has 2 aliphatic carbocycles. The van der Waals surface area contributed by atoms with Crippen molar-refractivity contribution in [2.24, 2.45) is 0 Å². The van der Waals surface area contributed by atoms with Crippen molar-refractivity contribution in [1.29, 1.82) is 0 Å². The minimum atomic E-state index is -3.19. The quantitative estimate of drug-likeness (QED) is 0.717. The summed E-state index contributed by atoms with van der Waals surface area (Å²) >= 11 is 1.89. The van der Waals surface area contributed by atoms with Crippen LogP contribution in [0, 0.1) is 0 Å². The molecule has 2 saturated carbocycles. The van der Waals surface area contributed by atoms with Gasteiger partial charge in [0.25, 0.3) is 0 Å². The Morgan fingerprint density at radius 2 is 2.00 bits per heavy atom. The molecule has 6 heteroatoms. The molecule has 2 N–H and O–H groups in total. The molecule has 112 valence electrons. The molecular formula is C13H26N2O2S2. The summed E-state index contributed by atoms with van der Waals surface area (Å²) in [5.41, 5.74) is 0. The maximum absolute atomic E-state index is 12.3. The molecule has 0 amide bonds. The predicted octanol–water partition coefficient (Wildman–Crippen LogP) is 1.72. The van der Waals surface area contributed by atoms with E-state index >= 15 is 0 Å². The van der Waals surface area contributed by atoms with Gasteiger partial charge in [0.15, 0.2) is 0 Å². The van der Waals surface area contributed by atoms with Gasteiger partial charge in [0, 0.05) is 23.9 Å². The maximum Gasteiger partial charge on any atom is 0.215 e. The lowest BCUT2D eigenvalue weighted by atomic mass is 10.3. The number of thioether (sulfide) groups is 1. The van der Waals surface area contributed by atoms with Gasteiger partial charge < -0.3 is 5.32 Å². The minimum Gasteiger partial charge on any atom is -0.313 e. The van der Waals surface area contributed by atoms with E-state index < -0.39 is 10.0 Å². The zero-order valence-corrected chi connectivity index (χ0v) is 13.5. The van der Waals surface area contributed by atoms with Crippen LogP contribution in [0.25, 0.3) is 0 Å². The van der Waals surface area contributed by atoms with Crippen LogP contribution in [-0.2, 0) is 10.0 Å². The van der Waals surface area contributed by atoms with E-state index in [0.29, 0.717) is 17.8 Å². The summed E-state index contributed by atoms with van der Waals surface area (Å²) in [5.74, 6) is 1.06. The highest BCUT2D eigenvalue weighted by Crippen LogP contribution is 2.30. The van der Waals surface area contributed by atoms with Gasteiger partial charge in [-0.25, -0.2) is 13.1 Å². The van der Waals surface area contributed by atoms with E-state index in [1.54, 1.807) is 6.92 Å². The van der Waals surface area contributed by atoms with Gasteiger partial charge in [0.2, 0.25) is 10.0 Å². The van der Waals surface area contributed by atoms with Gasteiger partial charge in [-0.15, -0.1) is 0 Å². The van der Waals surface area contributed by atoms with Crippen LogP contribution in [0.4, 0.5) is 0 Å². The Hall–Kier alpha value is 0.220. The first-order valence-corrected chi connectivity index (χ1v) is 9.98. The van der Waals surface area contributed by atoms with Crippen molar-refractivity contribution in [2.45, 2.75) is 68.5 Å². The Balaban J connectivity index is 1.84. The van der Waals surface area contributed by atoms with Gasteiger partial charge in [0.1, 0.15) is 0 Å². The molecule has 3 unspecified atom stereocenters.